The number of hydrogen-bond acceptors (Lipinski definition) is 1. The molecule has 0 fully saturated rings. The predicted octanol–water partition coefficient (Wildman–Crippen LogP) is 5.54. The number of thiophene rings is 1. The molecule has 2 aromatic rings. The molecule has 0 spiro atoms. The molecule has 0 amide bonds. The third kappa shape index (κ3) is 3.21. The maximum absolute atomic E-state index is 6.61. The summed E-state index contributed by atoms with van der Waals surface area (Å²) in [6.45, 7) is 0. The van der Waals surface area contributed by atoms with Crippen molar-refractivity contribution in [2.24, 2.45) is 0 Å². The number of halogens is 1. The Balaban J connectivity index is 1.75. The summed E-state index contributed by atoms with van der Waals surface area (Å²) in [6, 6.07) is 12.9. The SMILES string of the molecule is ClC(Cc1ccccc1)c1cc2c(s1)CCCCC2. The van der Waals surface area contributed by atoms with Gasteiger partial charge in [0, 0.05) is 9.75 Å². The zero-order chi connectivity index (χ0) is 13.1. The van der Waals surface area contributed by atoms with Crippen LogP contribution in [0.1, 0.15) is 45.5 Å². The number of alkyl halides is 1. The van der Waals surface area contributed by atoms with Crippen molar-refractivity contribution in [3.8, 4) is 0 Å². The summed E-state index contributed by atoms with van der Waals surface area (Å²) < 4.78 is 0. The summed E-state index contributed by atoms with van der Waals surface area (Å²) in [6.07, 6.45) is 7.51. The Bertz CT molecular complexity index is 506. The second-order valence-electron chi connectivity index (χ2n) is 5.32. The van der Waals surface area contributed by atoms with E-state index in [2.05, 4.69) is 36.4 Å². The van der Waals surface area contributed by atoms with Gasteiger partial charge in [0.25, 0.3) is 0 Å². The normalized spacial score (nSPS) is 16.7. The van der Waals surface area contributed by atoms with Gasteiger partial charge in [0.05, 0.1) is 5.38 Å². The molecule has 0 saturated heterocycles. The lowest BCUT2D eigenvalue weighted by Gasteiger charge is -2.07. The minimum absolute atomic E-state index is 0.124. The lowest BCUT2D eigenvalue weighted by Crippen LogP contribution is -1.93. The third-order valence-corrected chi connectivity index (χ3v) is 5.70. The molecule has 0 aliphatic heterocycles. The molecule has 1 aromatic heterocycles. The van der Waals surface area contributed by atoms with Crippen molar-refractivity contribution in [1.82, 2.24) is 0 Å². The molecule has 1 aliphatic carbocycles. The molecular formula is C17H19ClS. The molecule has 1 aliphatic rings. The Morgan fingerprint density at radius 3 is 2.68 bits per heavy atom. The van der Waals surface area contributed by atoms with Crippen molar-refractivity contribution >= 4 is 22.9 Å². The zero-order valence-corrected chi connectivity index (χ0v) is 12.6. The van der Waals surface area contributed by atoms with E-state index in [1.807, 2.05) is 11.3 Å². The summed E-state index contributed by atoms with van der Waals surface area (Å²) >= 11 is 8.56. The first-order valence-corrected chi connectivity index (χ1v) is 8.38. The lowest BCUT2D eigenvalue weighted by atomic mass is 10.1. The topological polar surface area (TPSA) is 0 Å². The van der Waals surface area contributed by atoms with Gasteiger partial charge in [0.15, 0.2) is 0 Å². The van der Waals surface area contributed by atoms with E-state index in [0.717, 1.165) is 6.42 Å². The van der Waals surface area contributed by atoms with Crippen LogP contribution in [0.4, 0.5) is 0 Å². The van der Waals surface area contributed by atoms with Crippen LogP contribution in [-0.2, 0) is 19.3 Å². The van der Waals surface area contributed by atoms with E-state index in [1.54, 1.807) is 10.4 Å². The van der Waals surface area contributed by atoms with Gasteiger partial charge in [-0.2, -0.15) is 0 Å². The van der Waals surface area contributed by atoms with Crippen molar-refractivity contribution < 1.29 is 0 Å². The first-order valence-electron chi connectivity index (χ1n) is 7.12. The van der Waals surface area contributed by atoms with Crippen LogP contribution in [0.3, 0.4) is 0 Å². The number of hydrogen-bond donors (Lipinski definition) is 0. The summed E-state index contributed by atoms with van der Waals surface area (Å²) in [5.74, 6) is 0. The fourth-order valence-electron chi connectivity index (χ4n) is 2.77. The smallest absolute Gasteiger partial charge is 0.0719 e. The minimum Gasteiger partial charge on any atom is -0.144 e. The van der Waals surface area contributed by atoms with Crippen molar-refractivity contribution in [1.29, 1.82) is 0 Å². The maximum Gasteiger partial charge on any atom is 0.0719 e. The summed E-state index contributed by atoms with van der Waals surface area (Å²) in [4.78, 5) is 2.95. The first-order chi connectivity index (χ1) is 9.33. The second kappa shape index (κ2) is 6.11. The zero-order valence-electron chi connectivity index (χ0n) is 11.1. The molecule has 1 unspecified atom stereocenters. The Morgan fingerprint density at radius 1 is 1.05 bits per heavy atom. The van der Waals surface area contributed by atoms with E-state index in [4.69, 9.17) is 11.6 Å². The molecule has 1 atom stereocenters. The van der Waals surface area contributed by atoms with Gasteiger partial charge in [-0.15, -0.1) is 22.9 Å². The minimum atomic E-state index is 0.124. The lowest BCUT2D eigenvalue weighted by molar-refractivity contribution is 0.712. The van der Waals surface area contributed by atoms with Gasteiger partial charge in [-0.3, -0.25) is 0 Å². The molecule has 3 rings (SSSR count). The monoisotopic (exact) mass is 290 g/mol. The fraction of sp³-hybridized carbons (Fsp3) is 0.412. The molecule has 2 heteroatoms. The van der Waals surface area contributed by atoms with E-state index in [9.17, 15) is 0 Å². The Morgan fingerprint density at radius 2 is 1.84 bits per heavy atom. The van der Waals surface area contributed by atoms with Gasteiger partial charge >= 0.3 is 0 Å². The highest BCUT2D eigenvalue weighted by Gasteiger charge is 2.17. The average Bonchev–Trinajstić information content (AvgIpc) is 2.72. The van der Waals surface area contributed by atoms with E-state index in [-0.39, 0.29) is 5.38 Å². The standard InChI is InChI=1S/C17H19ClS/c18-15(11-13-7-3-1-4-8-13)17-12-14-9-5-2-6-10-16(14)19-17/h1,3-4,7-8,12,15H,2,5-6,9-11H2. The Kier molecular flexibility index (Phi) is 4.24. The number of benzene rings is 1. The quantitative estimate of drug-likeness (QED) is 0.514. The van der Waals surface area contributed by atoms with Gasteiger partial charge in [0.1, 0.15) is 0 Å². The van der Waals surface area contributed by atoms with E-state index >= 15 is 0 Å². The second-order valence-corrected chi connectivity index (χ2v) is 7.01. The van der Waals surface area contributed by atoms with Crippen LogP contribution in [-0.4, -0.2) is 0 Å². The average molecular weight is 291 g/mol. The predicted molar refractivity (Wildman–Crippen MR) is 84.3 cm³/mol. The van der Waals surface area contributed by atoms with Gasteiger partial charge in [-0.25, -0.2) is 0 Å². The van der Waals surface area contributed by atoms with Crippen LogP contribution >= 0.6 is 22.9 Å². The van der Waals surface area contributed by atoms with Crippen molar-refractivity contribution in [3.05, 3.63) is 57.3 Å². The van der Waals surface area contributed by atoms with Gasteiger partial charge in [-0.1, -0.05) is 36.8 Å². The number of rotatable bonds is 3. The molecule has 19 heavy (non-hydrogen) atoms. The maximum atomic E-state index is 6.61. The van der Waals surface area contributed by atoms with Crippen LogP contribution in [0.25, 0.3) is 0 Å². The van der Waals surface area contributed by atoms with Crippen molar-refractivity contribution in [2.75, 3.05) is 0 Å². The molecule has 0 saturated carbocycles. The highest BCUT2D eigenvalue weighted by Crippen LogP contribution is 2.36. The highest BCUT2D eigenvalue weighted by molar-refractivity contribution is 7.12. The molecular weight excluding hydrogens is 272 g/mol. The van der Waals surface area contributed by atoms with E-state index < -0.39 is 0 Å². The first kappa shape index (κ1) is 13.2. The van der Waals surface area contributed by atoms with Gasteiger partial charge < -0.3 is 0 Å². The number of fused-ring (bicyclic) bond motifs is 1. The summed E-state index contributed by atoms with van der Waals surface area (Å²) in [7, 11) is 0. The van der Waals surface area contributed by atoms with E-state index in [1.165, 1.54) is 42.5 Å². The molecule has 0 nitrogen and oxygen atoms in total. The molecule has 1 aromatic carbocycles. The molecule has 0 bridgehead atoms. The Hall–Kier alpha value is -0.790. The van der Waals surface area contributed by atoms with Crippen LogP contribution in [0.15, 0.2) is 36.4 Å². The van der Waals surface area contributed by atoms with Crippen molar-refractivity contribution in [2.45, 2.75) is 43.9 Å². The van der Waals surface area contributed by atoms with Crippen LogP contribution < -0.4 is 0 Å². The van der Waals surface area contributed by atoms with Gasteiger partial charge in [-0.05, 0) is 49.3 Å². The molecule has 0 N–H and O–H groups in total. The molecule has 100 valence electrons. The van der Waals surface area contributed by atoms with Gasteiger partial charge in [0.2, 0.25) is 0 Å². The fourth-order valence-corrected chi connectivity index (χ4v) is 4.38. The van der Waals surface area contributed by atoms with Crippen LogP contribution in [0.2, 0.25) is 0 Å². The Labute approximate surface area is 124 Å². The number of aryl methyl sites for hydroxylation is 2. The largest absolute Gasteiger partial charge is 0.144 e. The third-order valence-electron chi connectivity index (χ3n) is 3.83. The molecule has 0 radical (unpaired) electrons. The molecule has 1 heterocycles. The summed E-state index contributed by atoms with van der Waals surface area (Å²) in [5, 5.41) is 0.124. The van der Waals surface area contributed by atoms with Crippen molar-refractivity contribution in [3.63, 3.8) is 0 Å². The highest BCUT2D eigenvalue weighted by atomic mass is 35.5. The summed E-state index contributed by atoms with van der Waals surface area (Å²) in [5.41, 5.74) is 2.89. The van der Waals surface area contributed by atoms with Crippen LogP contribution in [0, 0.1) is 0 Å². The van der Waals surface area contributed by atoms with Crippen LogP contribution in [0.5, 0.6) is 0 Å². The van der Waals surface area contributed by atoms with E-state index in [0.29, 0.717) is 0 Å².